The summed E-state index contributed by atoms with van der Waals surface area (Å²) in [6.07, 6.45) is 1.73. The fourth-order valence-corrected chi connectivity index (χ4v) is 6.56. The molecule has 40 heavy (non-hydrogen) atoms. The smallest absolute Gasteiger partial charge is 0.136 e. The van der Waals surface area contributed by atoms with Crippen molar-refractivity contribution in [1.82, 2.24) is 0 Å². The van der Waals surface area contributed by atoms with Gasteiger partial charge in [-0.15, -0.1) is 0 Å². The molecular formula is C38H22O2. The van der Waals surface area contributed by atoms with Crippen molar-refractivity contribution < 1.29 is 8.83 Å². The largest absolute Gasteiger partial charge is 0.464 e. The molecule has 2 heteroatoms. The molecule has 0 unspecified atom stereocenters. The van der Waals surface area contributed by atoms with E-state index in [0.29, 0.717) is 0 Å². The molecule has 0 bridgehead atoms. The zero-order valence-electron chi connectivity index (χ0n) is 21.5. The number of furan rings is 2. The highest BCUT2D eigenvalue weighted by Crippen LogP contribution is 2.46. The van der Waals surface area contributed by atoms with Crippen LogP contribution in [0, 0.1) is 0 Å². The Kier molecular flexibility index (Phi) is 4.36. The minimum absolute atomic E-state index is 0.871. The molecule has 0 amide bonds. The molecule has 2 aromatic heterocycles. The Morgan fingerprint density at radius 2 is 1.02 bits per heavy atom. The van der Waals surface area contributed by atoms with Crippen LogP contribution in [-0.4, -0.2) is 0 Å². The maximum absolute atomic E-state index is 6.27. The van der Waals surface area contributed by atoms with E-state index in [0.717, 1.165) is 32.9 Å². The van der Waals surface area contributed by atoms with E-state index in [1.165, 1.54) is 54.6 Å². The van der Waals surface area contributed by atoms with Gasteiger partial charge in [0.25, 0.3) is 0 Å². The van der Waals surface area contributed by atoms with Gasteiger partial charge in [-0.1, -0.05) is 97.1 Å². The molecule has 0 atom stereocenters. The van der Waals surface area contributed by atoms with E-state index in [1.807, 2.05) is 6.07 Å². The van der Waals surface area contributed by atoms with Gasteiger partial charge in [0.05, 0.1) is 6.26 Å². The predicted octanol–water partition coefficient (Wildman–Crippen LogP) is 11.1. The van der Waals surface area contributed by atoms with E-state index >= 15 is 0 Å². The molecule has 0 aliphatic carbocycles. The Hall–Kier alpha value is -5.34. The van der Waals surface area contributed by atoms with Crippen LogP contribution in [0.3, 0.4) is 0 Å². The lowest BCUT2D eigenvalue weighted by molar-refractivity contribution is 0.616. The second kappa shape index (κ2) is 8.08. The zero-order chi connectivity index (χ0) is 26.2. The summed E-state index contributed by atoms with van der Waals surface area (Å²) >= 11 is 0. The van der Waals surface area contributed by atoms with Crippen LogP contribution in [0.15, 0.2) is 142 Å². The van der Waals surface area contributed by atoms with Crippen LogP contribution in [-0.2, 0) is 0 Å². The van der Waals surface area contributed by atoms with Crippen molar-refractivity contribution in [3.05, 3.63) is 134 Å². The van der Waals surface area contributed by atoms with Gasteiger partial charge in [-0.05, 0) is 84.9 Å². The zero-order valence-corrected chi connectivity index (χ0v) is 21.5. The van der Waals surface area contributed by atoms with Gasteiger partial charge >= 0.3 is 0 Å². The van der Waals surface area contributed by atoms with Gasteiger partial charge in [0.15, 0.2) is 0 Å². The van der Waals surface area contributed by atoms with E-state index in [4.69, 9.17) is 8.83 Å². The number of rotatable bonds is 2. The summed E-state index contributed by atoms with van der Waals surface area (Å²) in [5.41, 5.74) is 7.58. The highest BCUT2D eigenvalue weighted by molar-refractivity contribution is 6.24. The third kappa shape index (κ3) is 2.99. The normalized spacial score (nSPS) is 12.0. The average molecular weight is 511 g/mol. The second-order valence-corrected chi connectivity index (χ2v) is 10.5. The van der Waals surface area contributed by atoms with Crippen molar-refractivity contribution in [2.75, 3.05) is 0 Å². The molecule has 0 saturated carbocycles. The molecule has 9 aromatic rings. The SMILES string of the molecule is c1ccc2c(-c3c4ccccc4c(-c4ccc5oc6cc7ccoc7cc6c5c4)c4ccccc34)cccc2c1. The van der Waals surface area contributed by atoms with E-state index in [9.17, 15) is 0 Å². The summed E-state index contributed by atoms with van der Waals surface area (Å²) in [6, 6.07) is 45.6. The van der Waals surface area contributed by atoms with Crippen LogP contribution in [0.2, 0.25) is 0 Å². The van der Waals surface area contributed by atoms with Crippen LogP contribution >= 0.6 is 0 Å². The van der Waals surface area contributed by atoms with Gasteiger partial charge in [-0.25, -0.2) is 0 Å². The maximum Gasteiger partial charge on any atom is 0.136 e. The van der Waals surface area contributed by atoms with Crippen LogP contribution in [0.1, 0.15) is 0 Å². The predicted molar refractivity (Wildman–Crippen MR) is 167 cm³/mol. The van der Waals surface area contributed by atoms with Crippen LogP contribution in [0.25, 0.3) is 87.5 Å². The lowest BCUT2D eigenvalue weighted by atomic mass is 9.84. The highest BCUT2D eigenvalue weighted by Gasteiger charge is 2.19. The molecule has 0 aliphatic rings. The second-order valence-electron chi connectivity index (χ2n) is 10.5. The topological polar surface area (TPSA) is 26.3 Å². The van der Waals surface area contributed by atoms with Gasteiger partial charge in [0, 0.05) is 16.2 Å². The summed E-state index contributed by atoms with van der Waals surface area (Å²) in [6.45, 7) is 0. The van der Waals surface area contributed by atoms with Crippen molar-refractivity contribution in [3.8, 4) is 22.3 Å². The fourth-order valence-electron chi connectivity index (χ4n) is 6.56. The molecule has 0 radical (unpaired) electrons. The Morgan fingerprint density at radius 3 is 1.80 bits per heavy atom. The summed E-state index contributed by atoms with van der Waals surface area (Å²) in [5, 5.41) is 10.7. The molecule has 9 rings (SSSR count). The summed E-state index contributed by atoms with van der Waals surface area (Å²) in [7, 11) is 0. The molecule has 0 N–H and O–H groups in total. The minimum atomic E-state index is 0.871. The Balaban J connectivity index is 1.40. The summed E-state index contributed by atoms with van der Waals surface area (Å²) in [5.74, 6) is 0. The third-order valence-electron chi connectivity index (χ3n) is 8.32. The number of fused-ring (bicyclic) bond motifs is 7. The van der Waals surface area contributed by atoms with Crippen molar-refractivity contribution in [2.45, 2.75) is 0 Å². The van der Waals surface area contributed by atoms with E-state index in [1.54, 1.807) is 6.26 Å². The maximum atomic E-state index is 6.27. The van der Waals surface area contributed by atoms with Crippen molar-refractivity contribution in [3.63, 3.8) is 0 Å². The highest BCUT2D eigenvalue weighted by atomic mass is 16.3. The first-order valence-electron chi connectivity index (χ1n) is 13.6. The molecule has 186 valence electrons. The molecule has 7 aromatic carbocycles. The molecule has 0 spiro atoms. The van der Waals surface area contributed by atoms with E-state index in [2.05, 4.69) is 121 Å². The Labute approximate surface area is 229 Å². The molecule has 0 fully saturated rings. The van der Waals surface area contributed by atoms with E-state index in [-0.39, 0.29) is 0 Å². The molecule has 2 nitrogen and oxygen atoms in total. The van der Waals surface area contributed by atoms with Crippen LogP contribution < -0.4 is 0 Å². The first kappa shape index (κ1) is 21.6. The lowest BCUT2D eigenvalue weighted by Gasteiger charge is -2.18. The third-order valence-corrected chi connectivity index (χ3v) is 8.32. The molecule has 2 heterocycles. The van der Waals surface area contributed by atoms with Gasteiger partial charge in [0.2, 0.25) is 0 Å². The number of hydrogen-bond acceptors (Lipinski definition) is 2. The van der Waals surface area contributed by atoms with Gasteiger partial charge in [-0.3, -0.25) is 0 Å². The van der Waals surface area contributed by atoms with Gasteiger partial charge < -0.3 is 8.83 Å². The lowest BCUT2D eigenvalue weighted by Crippen LogP contribution is -1.91. The first-order chi connectivity index (χ1) is 19.8. The van der Waals surface area contributed by atoms with Crippen molar-refractivity contribution >= 4 is 65.2 Å². The molecular weight excluding hydrogens is 488 g/mol. The Morgan fingerprint density at radius 1 is 0.375 bits per heavy atom. The average Bonchev–Trinajstić information content (AvgIpc) is 3.61. The van der Waals surface area contributed by atoms with E-state index < -0.39 is 0 Å². The van der Waals surface area contributed by atoms with Crippen molar-refractivity contribution in [1.29, 1.82) is 0 Å². The minimum Gasteiger partial charge on any atom is -0.464 e. The number of hydrogen-bond donors (Lipinski definition) is 0. The van der Waals surface area contributed by atoms with Crippen molar-refractivity contribution in [2.24, 2.45) is 0 Å². The summed E-state index contributed by atoms with van der Waals surface area (Å²) in [4.78, 5) is 0. The monoisotopic (exact) mass is 510 g/mol. The van der Waals surface area contributed by atoms with Crippen LogP contribution in [0.4, 0.5) is 0 Å². The van der Waals surface area contributed by atoms with Crippen LogP contribution in [0.5, 0.6) is 0 Å². The molecule has 0 aliphatic heterocycles. The first-order valence-corrected chi connectivity index (χ1v) is 13.6. The fraction of sp³-hybridized carbons (Fsp3) is 0. The number of benzene rings is 7. The summed E-state index contributed by atoms with van der Waals surface area (Å²) < 4.78 is 12.0. The molecule has 0 saturated heterocycles. The Bertz CT molecular complexity index is 2370. The standard InChI is InChI=1S/C38H22O2/c1-2-10-26-23(8-1)9-7-15-27(26)38-30-13-5-3-11-28(30)37(29-12-4-6-14-31(29)38)25-16-17-34-32(20-25)33-22-35-24(18-19-39-35)21-36(33)40-34/h1-22H. The van der Waals surface area contributed by atoms with Gasteiger partial charge in [-0.2, -0.15) is 0 Å². The quantitative estimate of drug-likeness (QED) is 0.216. The van der Waals surface area contributed by atoms with Gasteiger partial charge in [0.1, 0.15) is 16.7 Å².